The topological polar surface area (TPSA) is 81.8 Å². The van der Waals surface area contributed by atoms with E-state index in [0.29, 0.717) is 17.0 Å². The molecule has 0 fully saturated rings. The highest BCUT2D eigenvalue weighted by atomic mass is 19.1. The minimum atomic E-state index is -0.377. The molecule has 0 saturated heterocycles. The van der Waals surface area contributed by atoms with Crippen molar-refractivity contribution in [1.82, 2.24) is 19.3 Å². The van der Waals surface area contributed by atoms with E-state index in [-0.39, 0.29) is 29.2 Å². The minimum absolute atomic E-state index is 0.169. The largest absolute Gasteiger partial charge is 0.324 e. The van der Waals surface area contributed by atoms with Gasteiger partial charge in [0.1, 0.15) is 24.1 Å². The van der Waals surface area contributed by atoms with Crippen molar-refractivity contribution in [1.29, 1.82) is 0 Å². The molecule has 2 aromatic carbocycles. The van der Waals surface area contributed by atoms with E-state index in [1.807, 2.05) is 25.1 Å². The fourth-order valence-electron chi connectivity index (χ4n) is 2.89. The summed E-state index contributed by atoms with van der Waals surface area (Å²) in [6.45, 7) is 1.72. The number of halogens is 1. The van der Waals surface area contributed by atoms with Gasteiger partial charge in [-0.1, -0.05) is 18.2 Å². The molecule has 2 heterocycles. The van der Waals surface area contributed by atoms with Gasteiger partial charge in [-0.05, 0) is 42.8 Å². The van der Waals surface area contributed by atoms with Gasteiger partial charge in [0.15, 0.2) is 5.65 Å². The Morgan fingerprint density at radius 1 is 1.14 bits per heavy atom. The first kappa shape index (κ1) is 17.6. The predicted octanol–water partition coefficient (Wildman–Crippen LogP) is 2.67. The molecule has 8 heteroatoms. The van der Waals surface area contributed by atoms with Crippen LogP contribution in [0.1, 0.15) is 5.56 Å². The quantitative estimate of drug-likeness (QED) is 0.593. The van der Waals surface area contributed by atoms with Crippen LogP contribution in [0, 0.1) is 12.7 Å². The number of hydrogen-bond donors (Lipinski definition) is 1. The maximum absolute atomic E-state index is 13.1. The molecule has 4 rings (SSSR count). The summed E-state index contributed by atoms with van der Waals surface area (Å²) in [5.41, 5.74) is 2.17. The molecule has 0 saturated carbocycles. The van der Waals surface area contributed by atoms with Crippen molar-refractivity contribution >= 4 is 22.6 Å². The summed E-state index contributed by atoms with van der Waals surface area (Å²) in [6, 6.07) is 13.1. The van der Waals surface area contributed by atoms with Crippen LogP contribution in [-0.4, -0.2) is 25.2 Å². The standard InChI is InChI=1S/C20H16FN5O2/c1-13-4-2-3-5-17(13)24-18(27)11-25-12-22-19-16(20(25)28)10-23-26(19)15-8-6-14(21)7-9-15/h2-10,12H,11H2,1H3,(H,24,27). The van der Waals surface area contributed by atoms with Crippen molar-refractivity contribution in [3.63, 3.8) is 0 Å². The van der Waals surface area contributed by atoms with Gasteiger partial charge in [-0.15, -0.1) is 0 Å². The van der Waals surface area contributed by atoms with Gasteiger partial charge < -0.3 is 5.32 Å². The third kappa shape index (κ3) is 3.27. The van der Waals surface area contributed by atoms with E-state index >= 15 is 0 Å². The zero-order valence-corrected chi connectivity index (χ0v) is 15.0. The van der Waals surface area contributed by atoms with Crippen LogP contribution in [0.5, 0.6) is 0 Å². The minimum Gasteiger partial charge on any atom is -0.324 e. The zero-order chi connectivity index (χ0) is 19.7. The summed E-state index contributed by atoms with van der Waals surface area (Å²) in [6.07, 6.45) is 2.70. The Morgan fingerprint density at radius 3 is 2.64 bits per heavy atom. The first-order valence-electron chi connectivity index (χ1n) is 8.57. The van der Waals surface area contributed by atoms with Crippen LogP contribution in [0.2, 0.25) is 0 Å². The van der Waals surface area contributed by atoms with Crippen LogP contribution in [0.3, 0.4) is 0 Å². The maximum atomic E-state index is 13.1. The molecule has 0 radical (unpaired) electrons. The fraction of sp³-hybridized carbons (Fsp3) is 0.100. The molecule has 0 aliphatic rings. The molecule has 28 heavy (non-hydrogen) atoms. The Labute approximate surface area is 159 Å². The number of hydrogen-bond acceptors (Lipinski definition) is 4. The first-order valence-corrected chi connectivity index (χ1v) is 8.57. The molecule has 4 aromatic rings. The average molecular weight is 377 g/mol. The lowest BCUT2D eigenvalue weighted by Crippen LogP contribution is -2.28. The molecule has 2 aromatic heterocycles. The molecule has 7 nitrogen and oxygen atoms in total. The molecule has 1 N–H and O–H groups in total. The lowest BCUT2D eigenvalue weighted by atomic mass is 10.2. The van der Waals surface area contributed by atoms with Crippen molar-refractivity contribution in [3.8, 4) is 5.69 Å². The van der Waals surface area contributed by atoms with Crippen LogP contribution < -0.4 is 10.9 Å². The monoisotopic (exact) mass is 377 g/mol. The van der Waals surface area contributed by atoms with Gasteiger partial charge in [0.05, 0.1) is 11.9 Å². The lowest BCUT2D eigenvalue weighted by molar-refractivity contribution is -0.116. The number of nitrogens with one attached hydrogen (secondary N) is 1. The van der Waals surface area contributed by atoms with Gasteiger partial charge in [-0.2, -0.15) is 5.10 Å². The molecule has 0 unspecified atom stereocenters. The summed E-state index contributed by atoms with van der Waals surface area (Å²) in [5.74, 6) is -0.696. The third-order valence-electron chi connectivity index (χ3n) is 4.36. The van der Waals surface area contributed by atoms with E-state index in [1.54, 1.807) is 18.2 Å². The number of carbonyl (C=O) groups is 1. The van der Waals surface area contributed by atoms with Crippen LogP contribution in [0.15, 0.2) is 65.8 Å². The molecule has 1 amide bonds. The Hall–Kier alpha value is -3.81. The number of rotatable bonds is 4. The molecule has 0 aliphatic carbocycles. The smallest absolute Gasteiger partial charge is 0.264 e. The number of nitrogens with zero attached hydrogens (tertiary/aromatic N) is 4. The molecular formula is C20H16FN5O2. The van der Waals surface area contributed by atoms with E-state index in [2.05, 4.69) is 15.4 Å². The van der Waals surface area contributed by atoms with Gasteiger partial charge >= 0.3 is 0 Å². The lowest BCUT2D eigenvalue weighted by Gasteiger charge is -2.09. The second-order valence-corrected chi connectivity index (χ2v) is 6.31. The maximum Gasteiger partial charge on any atom is 0.264 e. The van der Waals surface area contributed by atoms with E-state index in [4.69, 9.17) is 0 Å². The number of amides is 1. The van der Waals surface area contributed by atoms with Gasteiger partial charge in [0, 0.05) is 5.69 Å². The summed E-state index contributed by atoms with van der Waals surface area (Å²) in [7, 11) is 0. The first-order chi connectivity index (χ1) is 13.5. The van der Waals surface area contributed by atoms with E-state index in [0.717, 1.165) is 5.56 Å². The van der Waals surface area contributed by atoms with Crippen molar-refractivity contribution < 1.29 is 9.18 Å². The second kappa shape index (κ2) is 7.07. The average Bonchev–Trinajstić information content (AvgIpc) is 3.11. The highest BCUT2D eigenvalue weighted by Crippen LogP contribution is 2.15. The van der Waals surface area contributed by atoms with Crippen molar-refractivity contribution in [3.05, 3.63) is 82.8 Å². The summed E-state index contributed by atoms with van der Waals surface area (Å²) < 4.78 is 15.8. The summed E-state index contributed by atoms with van der Waals surface area (Å²) in [4.78, 5) is 29.3. The molecule has 140 valence electrons. The number of carbonyl (C=O) groups excluding carboxylic acids is 1. The van der Waals surface area contributed by atoms with Crippen LogP contribution in [-0.2, 0) is 11.3 Å². The number of anilines is 1. The third-order valence-corrected chi connectivity index (χ3v) is 4.36. The Morgan fingerprint density at radius 2 is 1.89 bits per heavy atom. The number of fused-ring (bicyclic) bond motifs is 1. The normalized spacial score (nSPS) is 10.9. The Balaban J connectivity index is 1.62. The van der Waals surface area contributed by atoms with Crippen molar-refractivity contribution in [2.24, 2.45) is 0 Å². The van der Waals surface area contributed by atoms with E-state index < -0.39 is 0 Å². The summed E-state index contributed by atoms with van der Waals surface area (Å²) in [5, 5.41) is 7.23. The van der Waals surface area contributed by atoms with Crippen LogP contribution in [0.25, 0.3) is 16.7 Å². The van der Waals surface area contributed by atoms with Gasteiger partial charge in [-0.25, -0.2) is 14.1 Å². The molecular weight excluding hydrogens is 361 g/mol. The summed E-state index contributed by atoms with van der Waals surface area (Å²) >= 11 is 0. The van der Waals surface area contributed by atoms with Gasteiger partial charge in [-0.3, -0.25) is 14.2 Å². The number of para-hydroxylation sites is 1. The van der Waals surface area contributed by atoms with Crippen molar-refractivity contribution in [2.75, 3.05) is 5.32 Å². The van der Waals surface area contributed by atoms with E-state index in [1.165, 1.54) is 33.9 Å². The molecule has 0 spiro atoms. The zero-order valence-electron chi connectivity index (χ0n) is 15.0. The second-order valence-electron chi connectivity index (χ2n) is 6.31. The predicted molar refractivity (Wildman–Crippen MR) is 103 cm³/mol. The Kier molecular flexibility index (Phi) is 4.44. The fourth-order valence-corrected chi connectivity index (χ4v) is 2.89. The van der Waals surface area contributed by atoms with Gasteiger partial charge in [0.25, 0.3) is 5.56 Å². The van der Waals surface area contributed by atoms with Crippen LogP contribution >= 0.6 is 0 Å². The number of aromatic nitrogens is 4. The van der Waals surface area contributed by atoms with Crippen molar-refractivity contribution in [2.45, 2.75) is 13.5 Å². The van der Waals surface area contributed by atoms with Crippen LogP contribution in [0.4, 0.5) is 10.1 Å². The number of aryl methyl sites for hydroxylation is 1. The molecule has 0 aliphatic heterocycles. The highest BCUT2D eigenvalue weighted by Gasteiger charge is 2.13. The number of benzene rings is 2. The molecule has 0 atom stereocenters. The van der Waals surface area contributed by atoms with Gasteiger partial charge in [0.2, 0.25) is 5.91 Å². The van der Waals surface area contributed by atoms with E-state index in [9.17, 15) is 14.0 Å². The Bertz CT molecular complexity index is 1230. The molecule has 0 bridgehead atoms. The SMILES string of the molecule is Cc1ccccc1NC(=O)Cn1cnc2c(cnn2-c2ccc(F)cc2)c1=O. The highest BCUT2D eigenvalue weighted by molar-refractivity contribution is 5.91.